The van der Waals surface area contributed by atoms with E-state index in [4.69, 9.17) is 30.0 Å². The number of carboxylic acid groups (broad SMARTS) is 4. The molecule has 7 nitrogen and oxygen atoms in total. The van der Waals surface area contributed by atoms with Crippen LogP contribution in [0.4, 0.5) is 9.59 Å². The molecule has 7 N–H and O–H groups in total. The second-order valence-electron chi connectivity index (χ2n) is 0.565. The van der Waals surface area contributed by atoms with Crippen molar-refractivity contribution in [3.8, 4) is 0 Å². The Hall–Kier alpha value is 0.0714. The molecule has 10 heavy (non-hydrogen) atoms. The third-order valence-corrected chi connectivity index (χ3v) is 0. The summed E-state index contributed by atoms with van der Waals surface area (Å²) in [6.07, 6.45) is -3.67. The van der Waals surface area contributed by atoms with Crippen LogP contribution in [-0.2, 0) is 0 Å². The van der Waals surface area contributed by atoms with Gasteiger partial charge in [-0.05, 0) is 0 Å². The van der Waals surface area contributed by atoms with E-state index in [0.717, 1.165) is 0 Å². The van der Waals surface area contributed by atoms with Crippen LogP contribution in [0.15, 0.2) is 0 Å². The standard InChI is InChI=1S/2CH2O3.Ba.H3N.2H/c2*2-1(3)4;;;;/h2*(H2,2,3,4);;1H3;;. The van der Waals surface area contributed by atoms with Crippen LogP contribution in [0.25, 0.3) is 0 Å². The molecule has 0 spiro atoms. The van der Waals surface area contributed by atoms with Crippen LogP contribution in [-0.4, -0.2) is 81.6 Å². The van der Waals surface area contributed by atoms with Gasteiger partial charge in [0.2, 0.25) is 0 Å². The van der Waals surface area contributed by atoms with Gasteiger partial charge in [-0.3, -0.25) is 0 Å². The van der Waals surface area contributed by atoms with E-state index in [1.54, 1.807) is 0 Å². The van der Waals surface area contributed by atoms with E-state index >= 15 is 0 Å². The van der Waals surface area contributed by atoms with Gasteiger partial charge in [0.05, 0.1) is 0 Å². The Labute approximate surface area is 96.3 Å². The van der Waals surface area contributed by atoms with Crippen molar-refractivity contribution >= 4 is 61.2 Å². The van der Waals surface area contributed by atoms with Crippen LogP contribution in [0.5, 0.6) is 0 Å². The zero-order valence-electron chi connectivity index (χ0n) is 4.31. The van der Waals surface area contributed by atoms with Gasteiger partial charge in [-0.1, -0.05) is 0 Å². The molecule has 0 bridgehead atoms. The molecular weight excluding hydrogens is 271 g/mol. The summed E-state index contributed by atoms with van der Waals surface area (Å²) in [6, 6.07) is 0. The average Bonchev–Trinajstić information content (AvgIpc) is 1.25. The molecule has 0 unspecified atom stereocenters. The molecule has 0 aliphatic rings. The van der Waals surface area contributed by atoms with Crippen LogP contribution in [0.3, 0.4) is 0 Å². The Morgan fingerprint density at radius 2 is 0.800 bits per heavy atom. The molecule has 0 heterocycles. The summed E-state index contributed by atoms with van der Waals surface area (Å²) in [6.45, 7) is 0. The van der Waals surface area contributed by atoms with Gasteiger partial charge < -0.3 is 26.6 Å². The van der Waals surface area contributed by atoms with E-state index in [1.807, 2.05) is 0 Å². The number of carbonyl (C=O) groups is 2. The fourth-order valence-corrected chi connectivity index (χ4v) is 0. The maximum absolute atomic E-state index is 8.56. The molecule has 0 rings (SSSR count). The topological polar surface area (TPSA) is 150 Å². The minimum absolute atomic E-state index is 0. The molecule has 0 radical (unpaired) electrons. The Kier molecular flexibility index (Phi) is 36.0. The van der Waals surface area contributed by atoms with Crippen molar-refractivity contribution < 1.29 is 30.0 Å². The fourth-order valence-electron chi connectivity index (χ4n) is 0. The zero-order valence-corrected chi connectivity index (χ0v) is 4.31. The quantitative estimate of drug-likeness (QED) is 0.382. The van der Waals surface area contributed by atoms with Gasteiger partial charge in [-0.25, -0.2) is 9.59 Å². The van der Waals surface area contributed by atoms with Gasteiger partial charge >= 0.3 is 61.2 Å². The van der Waals surface area contributed by atoms with Crippen molar-refractivity contribution in [1.29, 1.82) is 0 Å². The van der Waals surface area contributed by atoms with Crippen LogP contribution in [0.1, 0.15) is 0 Å². The van der Waals surface area contributed by atoms with Crippen LogP contribution < -0.4 is 6.15 Å². The van der Waals surface area contributed by atoms with Crippen molar-refractivity contribution in [2.45, 2.75) is 0 Å². The summed E-state index contributed by atoms with van der Waals surface area (Å²) in [7, 11) is 0. The van der Waals surface area contributed by atoms with Gasteiger partial charge in [0, 0.05) is 0 Å². The number of hydrogen-bond donors (Lipinski definition) is 5. The van der Waals surface area contributed by atoms with Gasteiger partial charge in [0.15, 0.2) is 0 Å². The molecule has 0 aromatic rings. The number of hydrogen-bond acceptors (Lipinski definition) is 3. The van der Waals surface area contributed by atoms with Gasteiger partial charge in [-0.15, -0.1) is 0 Å². The van der Waals surface area contributed by atoms with Gasteiger partial charge in [0.25, 0.3) is 0 Å². The molecule has 0 saturated carbocycles. The Morgan fingerprint density at radius 1 is 0.800 bits per heavy atom. The first-order valence-corrected chi connectivity index (χ1v) is 1.30. The van der Waals surface area contributed by atoms with Crippen LogP contribution >= 0.6 is 0 Å². The zero-order chi connectivity index (χ0) is 7.15. The predicted molar refractivity (Wildman–Crippen MR) is 34.9 cm³/mol. The first kappa shape index (κ1) is 22.5. The first-order chi connectivity index (χ1) is 3.46. The van der Waals surface area contributed by atoms with Gasteiger partial charge in [-0.2, -0.15) is 0 Å². The average molecular weight is 280 g/mol. The molecule has 0 amide bonds. The van der Waals surface area contributed by atoms with Crippen molar-refractivity contribution in [2.75, 3.05) is 0 Å². The van der Waals surface area contributed by atoms with E-state index in [-0.39, 0.29) is 55.0 Å². The molecular formula is C2H9BaNO6. The molecule has 0 aromatic heterocycles. The maximum atomic E-state index is 8.56. The molecule has 0 saturated heterocycles. The third kappa shape index (κ3) is 79100. The monoisotopic (exact) mass is 281 g/mol. The SMILES string of the molecule is N.O=C(O)O.O=C(O)O.[BaH2]. The van der Waals surface area contributed by atoms with E-state index in [0.29, 0.717) is 0 Å². The van der Waals surface area contributed by atoms with Crippen molar-refractivity contribution in [3.63, 3.8) is 0 Å². The van der Waals surface area contributed by atoms with Crippen LogP contribution in [0, 0.1) is 0 Å². The van der Waals surface area contributed by atoms with Crippen molar-refractivity contribution in [2.24, 2.45) is 0 Å². The Morgan fingerprint density at radius 3 is 0.800 bits per heavy atom. The molecule has 0 aliphatic carbocycles. The molecule has 0 atom stereocenters. The summed E-state index contributed by atoms with van der Waals surface area (Å²) >= 11 is 0. The fraction of sp³-hybridized carbons (Fsp3) is 0. The predicted octanol–water partition coefficient (Wildman–Crippen LogP) is -0.309. The second-order valence-corrected chi connectivity index (χ2v) is 0.565. The van der Waals surface area contributed by atoms with E-state index in [1.165, 1.54) is 0 Å². The summed E-state index contributed by atoms with van der Waals surface area (Å²) < 4.78 is 0. The minimum atomic E-state index is -1.83. The second kappa shape index (κ2) is 16.0. The van der Waals surface area contributed by atoms with Crippen molar-refractivity contribution in [1.82, 2.24) is 6.15 Å². The molecule has 8 heteroatoms. The molecule has 0 aliphatic heterocycles. The van der Waals surface area contributed by atoms with Crippen molar-refractivity contribution in [3.05, 3.63) is 0 Å². The summed E-state index contributed by atoms with van der Waals surface area (Å²) in [5, 5.41) is 27.9. The molecule has 60 valence electrons. The van der Waals surface area contributed by atoms with E-state index in [9.17, 15) is 0 Å². The summed E-state index contributed by atoms with van der Waals surface area (Å²) in [5.74, 6) is 0. The first-order valence-electron chi connectivity index (χ1n) is 1.30. The normalized spacial score (nSPS) is 4.80. The molecule has 0 fully saturated rings. The summed E-state index contributed by atoms with van der Waals surface area (Å²) in [4.78, 5) is 17.1. The van der Waals surface area contributed by atoms with E-state index < -0.39 is 12.3 Å². The Balaban J connectivity index is -0.0000000300. The van der Waals surface area contributed by atoms with E-state index in [2.05, 4.69) is 0 Å². The third-order valence-electron chi connectivity index (χ3n) is 0. The molecule has 0 aromatic carbocycles. The Bertz CT molecular complexity index is 73.7. The number of rotatable bonds is 0. The van der Waals surface area contributed by atoms with Gasteiger partial charge in [0.1, 0.15) is 0 Å². The summed E-state index contributed by atoms with van der Waals surface area (Å²) in [5.41, 5.74) is 0. The van der Waals surface area contributed by atoms with Crippen LogP contribution in [0.2, 0.25) is 0 Å².